The molecule has 0 unspecified atom stereocenters. The highest BCUT2D eigenvalue weighted by atomic mass is 16.7. The Kier molecular flexibility index (Phi) is 2.10. The first-order valence-electron chi connectivity index (χ1n) is 5.79. The van der Waals surface area contributed by atoms with Crippen LogP contribution in [0.3, 0.4) is 0 Å². The summed E-state index contributed by atoms with van der Waals surface area (Å²) in [5.41, 5.74) is 0. The highest BCUT2D eigenvalue weighted by Crippen LogP contribution is 2.50. The first-order chi connectivity index (χ1) is 7.69. The zero-order valence-corrected chi connectivity index (χ0v) is 9.55. The maximum atomic E-state index is 12.0. The van der Waals surface area contributed by atoms with Crippen LogP contribution in [-0.4, -0.2) is 25.3 Å². The highest BCUT2D eigenvalue weighted by Gasteiger charge is 2.59. The van der Waals surface area contributed by atoms with Crippen LogP contribution in [-0.2, 0) is 14.3 Å². The van der Waals surface area contributed by atoms with Crippen LogP contribution < -0.4 is 0 Å². The third-order valence-electron chi connectivity index (χ3n) is 4.19. The van der Waals surface area contributed by atoms with E-state index in [1.54, 1.807) is 13.2 Å². The van der Waals surface area contributed by atoms with E-state index in [0.717, 1.165) is 0 Å². The second-order valence-corrected chi connectivity index (χ2v) is 4.92. The lowest BCUT2D eigenvalue weighted by atomic mass is 9.65. The summed E-state index contributed by atoms with van der Waals surface area (Å²) in [6, 6.07) is 0. The number of methoxy groups -OCH3 is 1. The van der Waals surface area contributed by atoms with E-state index in [0.29, 0.717) is 24.4 Å². The van der Waals surface area contributed by atoms with Crippen LogP contribution in [0.5, 0.6) is 0 Å². The van der Waals surface area contributed by atoms with Gasteiger partial charge in [-0.1, -0.05) is 25.2 Å². The van der Waals surface area contributed by atoms with Crippen molar-refractivity contribution in [2.24, 2.45) is 23.7 Å². The number of rotatable bonds is 1. The van der Waals surface area contributed by atoms with E-state index in [4.69, 9.17) is 9.47 Å². The molecule has 2 aliphatic carbocycles. The largest absolute Gasteiger partial charge is 0.346 e. The quantitative estimate of drug-likeness (QED) is 0.629. The minimum absolute atomic E-state index is 0.0405. The molecule has 0 N–H and O–H groups in total. The fraction of sp³-hybridized carbons (Fsp3) is 0.615. The number of hydrogen-bond donors (Lipinski definition) is 0. The van der Waals surface area contributed by atoms with Crippen LogP contribution >= 0.6 is 0 Å². The molecule has 3 heteroatoms. The van der Waals surface area contributed by atoms with Gasteiger partial charge in [0.1, 0.15) is 0 Å². The lowest BCUT2D eigenvalue weighted by Gasteiger charge is -2.42. The minimum Gasteiger partial charge on any atom is -0.346 e. The standard InChI is InChI=1S/C13H16O3/c1-8-3-4-9-7-16-13(15-2)11(14)6-5-10(8)12(9)13/h3-6,8-10,12H,7H2,1-2H3/t8-,9-,10-,12+,13-/m1/s1. The summed E-state index contributed by atoms with van der Waals surface area (Å²) in [5.74, 6) is 0.214. The molecule has 1 aliphatic heterocycles. The molecule has 5 atom stereocenters. The molecular formula is C13H16O3. The normalized spacial score (nSPS) is 49.5. The van der Waals surface area contributed by atoms with Gasteiger partial charge in [-0.05, 0) is 17.9 Å². The maximum absolute atomic E-state index is 12.0. The molecule has 0 radical (unpaired) electrons. The van der Waals surface area contributed by atoms with Gasteiger partial charge >= 0.3 is 0 Å². The molecule has 0 spiro atoms. The first kappa shape index (κ1) is 10.2. The van der Waals surface area contributed by atoms with Gasteiger partial charge in [-0.3, -0.25) is 4.79 Å². The van der Waals surface area contributed by atoms with Gasteiger partial charge in [-0.15, -0.1) is 0 Å². The summed E-state index contributed by atoms with van der Waals surface area (Å²) in [6.07, 6.45) is 8.06. The number of ether oxygens (including phenoxy) is 2. The Hall–Kier alpha value is -0.930. The zero-order valence-electron chi connectivity index (χ0n) is 9.55. The van der Waals surface area contributed by atoms with Gasteiger partial charge in [0.05, 0.1) is 6.61 Å². The first-order valence-corrected chi connectivity index (χ1v) is 5.79. The average Bonchev–Trinajstić information content (AvgIpc) is 2.68. The fourth-order valence-corrected chi connectivity index (χ4v) is 3.33. The number of ketones is 1. The predicted octanol–water partition coefficient (Wildman–Crippen LogP) is 1.55. The molecule has 1 fully saturated rings. The van der Waals surface area contributed by atoms with Gasteiger partial charge in [-0.25, -0.2) is 0 Å². The van der Waals surface area contributed by atoms with E-state index in [2.05, 4.69) is 19.1 Å². The smallest absolute Gasteiger partial charge is 0.237 e. The molecular weight excluding hydrogens is 204 g/mol. The summed E-state index contributed by atoms with van der Waals surface area (Å²) in [6.45, 7) is 2.77. The molecule has 0 bridgehead atoms. The average molecular weight is 220 g/mol. The van der Waals surface area contributed by atoms with Crippen LogP contribution in [0, 0.1) is 23.7 Å². The number of carbonyl (C=O) groups is 1. The molecule has 0 amide bonds. The van der Waals surface area contributed by atoms with Crippen molar-refractivity contribution < 1.29 is 14.3 Å². The minimum atomic E-state index is -1.01. The predicted molar refractivity (Wildman–Crippen MR) is 58.6 cm³/mol. The van der Waals surface area contributed by atoms with E-state index >= 15 is 0 Å². The topological polar surface area (TPSA) is 35.5 Å². The number of carbonyl (C=O) groups excluding carboxylic acids is 1. The van der Waals surface area contributed by atoms with Crippen LogP contribution in [0.4, 0.5) is 0 Å². The second-order valence-electron chi connectivity index (χ2n) is 4.92. The van der Waals surface area contributed by atoms with Gasteiger partial charge in [0, 0.05) is 18.9 Å². The Morgan fingerprint density at radius 3 is 3.00 bits per heavy atom. The molecule has 1 heterocycles. The maximum Gasteiger partial charge on any atom is 0.237 e. The van der Waals surface area contributed by atoms with Crippen molar-refractivity contribution in [1.82, 2.24) is 0 Å². The van der Waals surface area contributed by atoms with Crippen molar-refractivity contribution >= 4 is 5.78 Å². The number of allylic oxidation sites excluding steroid dienone is 2. The molecule has 3 nitrogen and oxygen atoms in total. The SMILES string of the molecule is CO[C@@]12OC[C@H]3C=C[C@@H](C)[C@@H](C=CC1=O)[C@H]32. The Balaban J connectivity index is 2.11. The molecule has 16 heavy (non-hydrogen) atoms. The molecule has 0 aromatic heterocycles. The molecule has 1 saturated heterocycles. The van der Waals surface area contributed by atoms with Crippen molar-refractivity contribution in [2.45, 2.75) is 12.7 Å². The van der Waals surface area contributed by atoms with Crippen molar-refractivity contribution in [3.8, 4) is 0 Å². The van der Waals surface area contributed by atoms with Crippen LogP contribution in [0.1, 0.15) is 6.92 Å². The second kappa shape index (κ2) is 3.28. The van der Waals surface area contributed by atoms with Crippen LogP contribution in [0.25, 0.3) is 0 Å². The van der Waals surface area contributed by atoms with Gasteiger partial charge in [0.2, 0.25) is 11.6 Å². The summed E-state index contributed by atoms with van der Waals surface area (Å²) >= 11 is 0. The Morgan fingerprint density at radius 2 is 2.25 bits per heavy atom. The van der Waals surface area contributed by atoms with E-state index in [1.165, 1.54) is 0 Å². The summed E-state index contributed by atoms with van der Waals surface area (Å²) in [4.78, 5) is 12.0. The Bertz CT molecular complexity index is 385. The third kappa shape index (κ3) is 1.08. The molecule has 0 saturated carbocycles. The molecule has 86 valence electrons. The van der Waals surface area contributed by atoms with Crippen LogP contribution in [0.2, 0.25) is 0 Å². The fourth-order valence-electron chi connectivity index (χ4n) is 3.33. The summed E-state index contributed by atoms with van der Waals surface area (Å²) < 4.78 is 11.1. The Labute approximate surface area is 95.1 Å². The van der Waals surface area contributed by atoms with E-state index in [1.807, 2.05) is 6.08 Å². The molecule has 0 aromatic carbocycles. The van der Waals surface area contributed by atoms with E-state index in [-0.39, 0.29) is 11.7 Å². The molecule has 3 rings (SSSR count). The zero-order chi connectivity index (χ0) is 11.3. The van der Waals surface area contributed by atoms with Gasteiger partial charge in [-0.2, -0.15) is 0 Å². The molecule has 0 aromatic rings. The van der Waals surface area contributed by atoms with E-state index in [9.17, 15) is 4.79 Å². The summed E-state index contributed by atoms with van der Waals surface area (Å²) in [7, 11) is 1.57. The van der Waals surface area contributed by atoms with Crippen molar-refractivity contribution in [3.63, 3.8) is 0 Å². The molecule has 3 aliphatic rings. The van der Waals surface area contributed by atoms with Gasteiger partial charge in [0.15, 0.2) is 0 Å². The van der Waals surface area contributed by atoms with Crippen molar-refractivity contribution in [2.75, 3.05) is 13.7 Å². The van der Waals surface area contributed by atoms with Crippen LogP contribution in [0.15, 0.2) is 24.3 Å². The monoisotopic (exact) mass is 220 g/mol. The summed E-state index contributed by atoms with van der Waals surface area (Å²) in [5, 5.41) is 0. The Morgan fingerprint density at radius 1 is 1.44 bits per heavy atom. The van der Waals surface area contributed by atoms with Gasteiger partial charge in [0.25, 0.3) is 0 Å². The number of hydrogen-bond acceptors (Lipinski definition) is 3. The highest BCUT2D eigenvalue weighted by molar-refractivity contribution is 5.97. The van der Waals surface area contributed by atoms with Crippen molar-refractivity contribution in [3.05, 3.63) is 24.3 Å². The van der Waals surface area contributed by atoms with E-state index < -0.39 is 5.79 Å². The lowest BCUT2D eigenvalue weighted by molar-refractivity contribution is -0.216. The lowest BCUT2D eigenvalue weighted by Crippen LogP contribution is -2.52. The van der Waals surface area contributed by atoms with Crippen molar-refractivity contribution in [1.29, 1.82) is 0 Å². The third-order valence-corrected chi connectivity index (χ3v) is 4.19. The van der Waals surface area contributed by atoms with Gasteiger partial charge < -0.3 is 9.47 Å².